The van der Waals surface area contributed by atoms with Crippen molar-refractivity contribution in [3.63, 3.8) is 0 Å². The summed E-state index contributed by atoms with van der Waals surface area (Å²) in [5.74, 6) is 1.01. The molecule has 1 saturated heterocycles. The zero-order valence-corrected chi connectivity index (χ0v) is 17.6. The van der Waals surface area contributed by atoms with Gasteiger partial charge in [-0.1, -0.05) is 29.8 Å². The van der Waals surface area contributed by atoms with E-state index in [1.54, 1.807) is 24.3 Å². The Morgan fingerprint density at radius 3 is 2.53 bits per heavy atom. The average Bonchev–Trinajstić information content (AvgIpc) is 2.78. The van der Waals surface area contributed by atoms with E-state index in [2.05, 4.69) is 4.90 Å². The molecule has 156 valence electrons. The minimum atomic E-state index is -0.0476. The molecule has 30 heavy (non-hydrogen) atoms. The maximum Gasteiger partial charge on any atom is 0.246 e. The Morgan fingerprint density at radius 1 is 1.13 bits per heavy atom. The Hall–Kier alpha value is -3.01. The van der Waals surface area contributed by atoms with Crippen LogP contribution in [0.3, 0.4) is 0 Å². The van der Waals surface area contributed by atoms with Crippen LogP contribution in [0.15, 0.2) is 48.5 Å². The first-order valence-corrected chi connectivity index (χ1v) is 10.1. The van der Waals surface area contributed by atoms with Gasteiger partial charge >= 0.3 is 0 Å². The molecular formula is C23H24ClN3O3. The lowest BCUT2D eigenvalue weighted by atomic mass is 10.1. The van der Waals surface area contributed by atoms with Crippen LogP contribution in [-0.2, 0) is 11.3 Å². The zero-order chi connectivity index (χ0) is 21.3. The number of rotatable bonds is 7. The summed E-state index contributed by atoms with van der Waals surface area (Å²) in [4.78, 5) is 16.7. The Labute approximate surface area is 181 Å². The van der Waals surface area contributed by atoms with E-state index >= 15 is 0 Å². The summed E-state index contributed by atoms with van der Waals surface area (Å²) < 4.78 is 10.6. The van der Waals surface area contributed by atoms with E-state index in [9.17, 15) is 4.79 Å². The van der Waals surface area contributed by atoms with Gasteiger partial charge in [0, 0.05) is 43.8 Å². The van der Waals surface area contributed by atoms with Gasteiger partial charge in [0.15, 0.2) is 18.1 Å². The number of benzene rings is 2. The van der Waals surface area contributed by atoms with Gasteiger partial charge < -0.3 is 14.4 Å². The van der Waals surface area contributed by atoms with Crippen LogP contribution in [0.5, 0.6) is 11.5 Å². The molecule has 0 spiro atoms. The normalized spacial score (nSPS) is 14.5. The van der Waals surface area contributed by atoms with E-state index in [1.807, 2.05) is 41.3 Å². The third-order valence-electron chi connectivity index (χ3n) is 4.90. The highest BCUT2D eigenvalue weighted by Gasteiger charge is 2.19. The standard InChI is InChI=1S/C23H24ClN3O3/c1-29-22-16-18(4-8-21(22)30-15-10-25)5-9-23(28)27-13-11-26(12-14-27)17-19-2-6-20(24)7-3-19/h2-9,16H,11-15,17H2,1H3/b9-5+. The molecule has 2 aromatic rings. The number of nitriles is 1. The molecule has 0 saturated carbocycles. The SMILES string of the molecule is COc1cc(/C=C/C(=O)N2CCN(Cc3ccc(Cl)cc3)CC2)ccc1OCC#N. The second-order valence-corrected chi connectivity index (χ2v) is 7.35. The van der Waals surface area contributed by atoms with Crippen LogP contribution in [0, 0.1) is 11.3 Å². The first-order chi connectivity index (χ1) is 14.6. The topological polar surface area (TPSA) is 65.8 Å². The lowest BCUT2D eigenvalue weighted by Gasteiger charge is -2.34. The summed E-state index contributed by atoms with van der Waals surface area (Å²) in [5, 5.41) is 9.38. The van der Waals surface area contributed by atoms with E-state index in [0.717, 1.165) is 30.2 Å². The van der Waals surface area contributed by atoms with Crippen LogP contribution in [0.2, 0.25) is 5.02 Å². The molecule has 0 radical (unpaired) electrons. The van der Waals surface area contributed by atoms with Gasteiger partial charge in [-0.2, -0.15) is 5.26 Å². The Bertz CT molecular complexity index is 930. The number of carbonyl (C=O) groups is 1. The Morgan fingerprint density at radius 2 is 1.87 bits per heavy atom. The highest BCUT2D eigenvalue weighted by molar-refractivity contribution is 6.30. The van der Waals surface area contributed by atoms with Gasteiger partial charge in [0.2, 0.25) is 5.91 Å². The third-order valence-corrected chi connectivity index (χ3v) is 5.15. The number of amides is 1. The fourth-order valence-electron chi connectivity index (χ4n) is 3.26. The summed E-state index contributed by atoms with van der Waals surface area (Å²) in [6.07, 6.45) is 3.35. The van der Waals surface area contributed by atoms with Crippen molar-refractivity contribution in [1.82, 2.24) is 9.80 Å². The smallest absolute Gasteiger partial charge is 0.246 e. The largest absolute Gasteiger partial charge is 0.493 e. The van der Waals surface area contributed by atoms with E-state index in [0.29, 0.717) is 24.6 Å². The molecule has 1 heterocycles. The number of carbonyl (C=O) groups excluding carboxylic acids is 1. The lowest BCUT2D eigenvalue weighted by molar-refractivity contribution is -0.127. The third kappa shape index (κ3) is 5.99. The predicted octanol–water partition coefficient (Wildman–Crippen LogP) is 3.61. The van der Waals surface area contributed by atoms with E-state index in [1.165, 1.54) is 12.7 Å². The maximum absolute atomic E-state index is 12.6. The van der Waals surface area contributed by atoms with E-state index < -0.39 is 0 Å². The molecule has 7 heteroatoms. The molecule has 1 fully saturated rings. The van der Waals surface area contributed by atoms with Crippen molar-refractivity contribution in [3.05, 3.63) is 64.7 Å². The van der Waals surface area contributed by atoms with Crippen LogP contribution in [-0.4, -0.2) is 55.6 Å². The lowest BCUT2D eigenvalue weighted by Crippen LogP contribution is -2.47. The average molecular weight is 426 g/mol. The van der Waals surface area contributed by atoms with Crippen LogP contribution in [0.4, 0.5) is 0 Å². The quantitative estimate of drug-likeness (QED) is 0.634. The fraction of sp³-hybridized carbons (Fsp3) is 0.304. The molecule has 0 atom stereocenters. The fourth-order valence-corrected chi connectivity index (χ4v) is 3.39. The molecular weight excluding hydrogens is 402 g/mol. The zero-order valence-electron chi connectivity index (χ0n) is 16.9. The second-order valence-electron chi connectivity index (χ2n) is 6.92. The summed E-state index contributed by atoms with van der Waals surface area (Å²) in [6, 6.07) is 15.1. The molecule has 1 amide bonds. The molecule has 0 unspecified atom stereocenters. The highest BCUT2D eigenvalue weighted by atomic mass is 35.5. The summed E-state index contributed by atoms with van der Waals surface area (Å²) in [7, 11) is 1.54. The molecule has 0 N–H and O–H groups in total. The van der Waals surface area contributed by atoms with E-state index in [4.69, 9.17) is 26.3 Å². The van der Waals surface area contributed by atoms with Crippen molar-refractivity contribution in [2.45, 2.75) is 6.54 Å². The van der Waals surface area contributed by atoms with Crippen molar-refractivity contribution in [2.75, 3.05) is 39.9 Å². The Balaban J connectivity index is 1.52. The van der Waals surface area contributed by atoms with Gasteiger partial charge in [0.05, 0.1) is 7.11 Å². The molecule has 0 aromatic heterocycles. The van der Waals surface area contributed by atoms with Crippen molar-refractivity contribution in [3.8, 4) is 17.6 Å². The van der Waals surface area contributed by atoms with Gasteiger partial charge in [-0.15, -0.1) is 0 Å². The number of nitrogens with zero attached hydrogens (tertiary/aromatic N) is 3. The first-order valence-electron chi connectivity index (χ1n) is 9.70. The minimum Gasteiger partial charge on any atom is -0.493 e. The van der Waals surface area contributed by atoms with Crippen molar-refractivity contribution in [2.24, 2.45) is 0 Å². The van der Waals surface area contributed by atoms with Gasteiger partial charge in [-0.3, -0.25) is 9.69 Å². The van der Waals surface area contributed by atoms with Gasteiger partial charge in [-0.25, -0.2) is 0 Å². The van der Waals surface area contributed by atoms with Crippen molar-refractivity contribution < 1.29 is 14.3 Å². The number of piperazine rings is 1. The van der Waals surface area contributed by atoms with E-state index in [-0.39, 0.29) is 12.5 Å². The number of methoxy groups -OCH3 is 1. The molecule has 2 aromatic carbocycles. The minimum absolute atomic E-state index is 0.00934. The molecule has 1 aliphatic heterocycles. The first kappa shape index (κ1) is 21.7. The number of hydrogen-bond acceptors (Lipinski definition) is 5. The highest BCUT2D eigenvalue weighted by Crippen LogP contribution is 2.28. The number of hydrogen-bond donors (Lipinski definition) is 0. The van der Waals surface area contributed by atoms with Gasteiger partial charge in [0.1, 0.15) is 6.07 Å². The number of ether oxygens (including phenoxy) is 2. The molecule has 0 aliphatic carbocycles. The van der Waals surface area contributed by atoms with Crippen LogP contribution in [0.25, 0.3) is 6.08 Å². The summed E-state index contributed by atoms with van der Waals surface area (Å²) in [6.45, 7) is 3.87. The molecule has 3 rings (SSSR count). The van der Waals surface area contributed by atoms with Crippen molar-refractivity contribution >= 4 is 23.6 Å². The monoisotopic (exact) mass is 425 g/mol. The van der Waals surface area contributed by atoms with Gasteiger partial charge in [0.25, 0.3) is 0 Å². The summed E-state index contributed by atoms with van der Waals surface area (Å²) in [5.41, 5.74) is 2.04. The predicted molar refractivity (Wildman–Crippen MR) is 116 cm³/mol. The molecule has 6 nitrogen and oxygen atoms in total. The number of halogens is 1. The second kappa shape index (κ2) is 10.7. The van der Waals surface area contributed by atoms with Gasteiger partial charge in [-0.05, 0) is 41.5 Å². The van der Waals surface area contributed by atoms with Crippen LogP contribution < -0.4 is 9.47 Å². The van der Waals surface area contributed by atoms with Crippen LogP contribution in [0.1, 0.15) is 11.1 Å². The van der Waals surface area contributed by atoms with Crippen LogP contribution >= 0.6 is 11.6 Å². The molecule has 1 aliphatic rings. The maximum atomic E-state index is 12.6. The summed E-state index contributed by atoms with van der Waals surface area (Å²) >= 11 is 5.94. The van der Waals surface area contributed by atoms with Crippen molar-refractivity contribution in [1.29, 1.82) is 5.26 Å². The Kier molecular flexibility index (Phi) is 7.72. The molecule has 0 bridgehead atoms.